The van der Waals surface area contributed by atoms with Gasteiger partial charge in [-0.2, -0.15) is 0 Å². The second kappa shape index (κ2) is 12.8. The van der Waals surface area contributed by atoms with Crippen LogP contribution in [0.2, 0.25) is 0 Å². The van der Waals surface area contributed by atoms with Crippen LogP contribution >= 0.6 is 23.1 Å². The molecule has 1 heterocycles. The minimum atomic E-state index is -0.356. The third-order valence-electron chi connectivity index (χ3n) is 4.44. The molecule has 2 amide bonds. The quantitative estimate of drug-likeness (QED) is 0.266. The number of nitrogens with zero attached hydrogens (tertiary/aromatic N) is 2. The highest BCUT2D eigenvalue weighted by atomic mass is 32.2. The zero-order valence-electron chi connectivity index (χ0n) is 19.7. The summed E-state index contributed by atoms with van der Waals surface area (Å²) in [4.78, 5) is 25.0. The van der Waals surface area contributed by atoms with Crippen molar-refractivity contribution in [2.24, 2.45) is 0 Å². The standard InChI is InChI=1S/C23H26N4O6S2/c1-5-32-17-10-7-14(11-19(17)33-6-2)21(29)25-22-26-27-23(35-22)34-13-20(28)24-16-9-8-15(30-3)12-18(16)31-4/h7-12H,5-6,13H2,1-4H3,(H,24,28)(H,25,26,29). The number of nitrogens with one attached hydrogen (secondary N) is 2. The van der Waals surface area contributed by atoms with Crippen LogP contribution in [-0.4, -0.2) is 55.2 Å². The monoisotopic (exact) mass is 518 g/mol. The number of thioether (sulfide) groups is 1. The Balaban J connectivity index is 1.56. The van der Waals surface area contributed by atoms with Gasteiger partial charge in [0.1, 0.15) is 11.5 Å². The Morgan fingerprint density at radius 2 is 1.69 bits per heavy atom. The molecule has 0 bridgehead atoms. The molecule has 3 rings (SSSR count). The molecular weight excluding hydrogens is 492 g/mol. The molecule has 186 valence electrons. The van der Waals surface area contributed by atoms with Gasteiger partial charge >= 0.3 is 0 Å². The van der Waals surface area contributed by atoms with E-state index in [9.17, 15) is 9.59 Å². The first-order valence-corrected chi connectivity index (χ1v) is 12.5. The number of rotatable bonds is 12. The minimum absolute atomic E-state index is 0.106. The van der Waals surface area contributed by atoms with E-state index in [-0.39, 0.29) is 17.6 Å². The zero-order valence-corrected chi connectivity index (χ0v) is 21.4. The number of hydrogen-bond acceptors (Lipinski definition) is 10. The zero-order chi connectivity index (χ0) is 25.2. The first-order chi connectivity index (χ1) is 17.0. The fourth-order valence-corrected chi connectivity index (χ4v) is 4.44. The Labute approximate surface area is 211 Å². The average molecular weight is 519 g/mol. The van der Waals surface area contributed by atoms with E-state index in [1.165, 1.54) is 30.2 Å². The van der Waals surface area contributed by atoms with Gasteiger partial charge in [-0.15, -0.1) is 10.2 Å². The van der Waals surface area contributed by atoms with Crippen molar-refractivity contribution in [3.05, 3.63) is 42.0 Å². The molecule has 12 heteroatoms. The van der Waals surface area contributed by atoms with Gasteiger partial charge in [0.25, 0.3) is 5.91 Å². The van der Waals surface area contributed by atoms with Crippen LogP contribution in [0.3, 0.4) is 0 Å². The van der Waals surface area contributed by atoms with E-state index >= 15 is 0 Å². The van der Waals surface area contributed by atoms with Gasteiger partial charge in [0, 0.05) is 11.6 Å². The van der Waals surface area contributed by atoms with Gasteiger partial charge in [-0.1, -0.05) is 23.1 Å². The van der Waals surface area contributed by atoms with Crippen molar-refractivity contribution in [1.29, 1.82) is 0 Å². The summed E-state index contributed by atoms with van der Waals surface area (Å²) >= 11 is 2.38. The van der Waals surface area contributed by atoms with Crippen LogP contribution in [-0.2, 0) is 4.79 Å². The Bertz CT molecular complexity index is 1170. The highest BCUT2D eigenvalue weighted by molar-refractivity contribution is 8.01. The van der Waals surface area contributed by atoms with E-state index in [2.05, 4.69) is 20.8 Å². The van der Waals surface area contributed by atoms with Crippen molar-refractivity contribution in [1.82, 2.24) is 10.2 Å². The molecule has 0 aliphatic carbocycles. The Morgan fingerprint density at radius 1 is 0.914 bits per heavy atom. The summed E-state index contributed by atoms with van der Waals surface area (Å²) in [7, 11) is 3.07. The first kappa shape index (κ1) is 26.1. The van der Waals surface area contributed by atoms with Crippen LogP contribution < -0.4 is 29.6 Å². The van der Waals surface area contributed by atoms with Crippen LogP contribution in [0.4, 0.5) is 10.8 Å². The number of aromatic nitrogens is 2. The predicted molar refractivity (Wildman–Crippen MR) is 136 cm³/mol. The van der Waals surface area contributed by atoms with Crippen molar-refractivity contribution in [2.45, 2.75) is 18.2 Å². The summed E-state index contributed by atoms with van der Waals surface area (Å²) in [6.45, 7) is 4.67. The van der Waals surface area contributed by atoms with Crippen LogP contribution in [0.5, 0.6) is 23.0 Å². The lowest BCUT2D eigenvalue weighted by atomic mass is 10.2. The smallest absolute Gasteiger partial charge is 0.257 e. The summed E-state index contributed by atoms with van der Waals surface area (Å²) in [5, 5.41) is 13.9. The lowest BCUT2D eigenvalue weighted by molar-refractivity contribution is -0.113. The van der Waals surface area contributed by atoms with Crippen molar-refractivity contribution in [3.63, 3.8) is 0 Å². The lowest BCUT2D eigenvalue weighted by Gasteiger charge is -2.12. The number of amides is 2. The largest absolute Gasteiger partial charge is 0.497 e. The molecule has 0 atom stereocenters. The summed E-state index contributed by atoms with van der Waals surface area (Å²) in [5.41, 5.74) is 0.931. The van der Waals surface area contributed by atoms with Crippen molar-refractivity contribution < 1.29 is 28.5 Å². The minimum Gasteiger partial charge on any atom is -0.497 e. The number of methoxy groups -OCH3 is 2. The van der Waals surface area contributed by atoms with E-state index in [4.69, 9.17) is 18.9 Å². The topological polar surface area (TPSA) is 121 Å². The predicted octanol–water partition coefficient (Wildman–Crippen LogP) is 4.34. The van der Waals surface area contributed by atoms with Crippen LogP contribution in [0.15, 0.2) is 40.7 Å². The van der Waals surface area contributed by atoms with E-state index in [0.29, 0.717) is 56.9 Å². The number of benzene rings is 2. The molecule has 0 unspecified atom stereocenters. The van der Waals surface area contributed by atoms with Crippen molar-refractivity contribution in [3.8, 4) is 23.0 Å². The average Bonchev–Trinajstić information content (AvgIpc) is 3.31. The van der Waals surface area contributed by atoms with Gasteiger partial charge in [-0.25, -0.2) is 0 Å². The van der Waals surface area contributed by atoms with Crippen LogP contribution in [0, 0.1) is 0 Å². The second-order valence-corrected chi connectivity index (χ2v) is 8.96. The molecular formula is C23H26N4O6S2. The summed E-state index contributed by atoms with van der Waals surface area (Å²) < 4.78 is 22.1. The summed E-state index contributed by atoms with van der Waals surface area (Å²) in [5.74, 6) is 1.69. The maximum absolute atomic E-state index is 12.7. The molecule has 2 N–H and O–H groups in total. The molecule has 0 spiro atoms. The van der Waals surface area contributed by atoms with E-state index in [0.717, 1.165) is 0 Å². The highest BCUT2D eigenvalue weighted by Crippen LogP contribution is 2.31. The molecule has 0 fully saturated rings. The molecule has 35 heavy (non-hydrogen) atoms. The Morgan fingerprint density at radius 3 is 2.40 bits per heavy atom. The molecule has 0 saturated heterocycles. The molecule has 2 aromatic carbocycles. The fraction of sp³-hybridized carbons (Fsp3) is 0.304. The molecule has 1 aromatic heterocycles. The Hall–Kier alpha value is -3.51. The molecule has 3 aromatic rings. The molecule has 0 aliphatic heterocycles. The summed E-state index contributed by atoms with van der Waals surface area (Å²) in [6.07, 6.45) is 0. The van der Waals surface area contributed by atoms with Crippen molar-refractivity contribution in [2.75, 3.05) is 43.8 Å². The molecule has 0 saturated carbocycles. The molecule has 0 aliphatic rings. The van der Waals surface area contributed by atoms with E-state index in [1.807, 2.05) is 13.8 Å². The highest BCUT2D eigenvalue weighted by Gasteiger charge is 2.15. The number of carbonyl (C=O) groups is 2. The third kappa shape index (κ3) is 7.23. The van der Waals surface area contributed by atoms with Crippen LogP contribution in [0.1, 0.15) is 24.2 Å². The van der Waals surface area contributed by atoms with Gasteiger partial charge < -0.3 is 24.3 Å². The maximum Gasteiger partial charge on any atom is 0.257 e. The Kier molecular flexibility index (Phi) is 9.56. The number of anilines is 2. The molecule has 10 nitrogen and oxygen atoms in total. The maximum atomic E-state index is 12.7. The van der Waals surface area contributed by atoms with Crippen LogP contribution in [0.25, 0.3) is 0 Å². The second-order valence-electron chi connectivity index (χ2n) is 6.76. The number of carbonyl (C=O) groups excluding carboxylic acids is 2. The third-order valence-corrected chi connectivity index (χ3v) is 6.41. The van der Waals surface area contributed by atoms with E-state index < -0.39 is 0 Å². The van der Waals surface area contributed by atoms with Gasteiger partial charge in [0.15, 0.2) is 15.8 Å². The van der Waals surface area contributed by atoms with Gasteiger partial charge in [-0.3, -0.25) is 14.9 Å². The van der Waals surface area contributed by atoms with Crippen molar-refractivity contribution >= 4 is 45.7 Å². The van der Waals surface area contributed by atoms with E-state index in [1.54, 1.807) is 43.5 Å². The van der Waals surface area contributed by atoms with Gasteiger partial charge in [0.2, 0.25) is 11.0 Å². The normalized spacial score (nSPS) is 10.4. The van der Waals surface area contributed by atoms with Gasteiger partial charge in [0.05, 0.1) is 38.9 Å². The SMILES string of the molecule is CCOc1ccc(C(=O)Nc2nnc(SCC(=O)Nc3ccc(OC)cc3OC)s2)cc1OCC. The molecule has 0 radical (unpaired) electrons. The van der Waals surface area contributed by atoms with Gasteiger partial charge in [-0.05, 0) is 44.2 Å². The fourth-order valence-electron chi connectivity index (χ4n) is 2.90. The first-order valence-electron chi connectivity index (χ1n) is 10.7. The lowest BCUT2D eigenvalue weighted by Crippen LogP contribution is -2.14. The number of hydrogen-bond donors (Lipinski definition) is 2. The number of ether oxygens (including phenoxy) is 4. The summed E-state index contributed by atoms with van der Waals surface area (Å²) in [6, 6.07) is 10.1.